The molecule has 1 aromatic carbocycles. The molecule has 0 bridgehead atoms. The standard InChI is InChI=1S/C12H17ClNO4P/c1-9(2)11(12(15)18-19(13,16)17)14-8-10-6-4-3-5-7-10/h3-7,9,11,14H,8H2,1-2H3,(H,16,17). The van der Waals surface area contributed by atoms with Crippen LogP contribution >= 0.6 is 18.2 Å². The number of rotatable bonds is 6. The first-order valence-corrected chi connectivity index (χ1v) is 8.31. The number of carbonyl (C=O) groups excluding carboxylic acids is 1. The maximum Gasteiger partial charge on any atom is 0.476 e. The topological polar surface area (TPSA) is 75.6 Å². The molecule has 7 heteroatoms. The van der Waals surface area contributed by atoms with Gasteiger partial charge in [0.2, 0.25) is 0 Å². The third-order valence-electron chi connectivity index (χ3n) is 2.49. The summed E-state index contributed by atoms with van der Waals surface area (Å²) in [6, 6.07) is 8.80. The number of benzene rings is 1. The minimum atomic E-state index is -4.33. The molecule has 0 fully saturated rings. The van der Waals surface area contributed by atoms with E-state index >= 15 is 0 Å². The van der Waals surface area contributed by atoms with Gasteiger partial charge in [0, 0.05) is 17.8 Å². The summed E-state index contributed by atoms with van der Waals surface area (Å²) in [6.07, 6.45) is 0. The van der Waals surface area contributed by atoms with Gasteiger partial charge in [-0.1, -0.05) is 44.2 Å². The van der Waals surface area contributed by atoms with Gasteiger partial charge < -0.3 is 14.7 Å². The average Bonchev–Trinajstić information content (AvgIpc) is 2.27. The third-order valence-corrected chi connectivity index (χ3v) is 3.10. The van der Waals surface area contributed by atoms with Crippen molar-refractivity contribution in [2.75, 3.05) is 0 Å². The van der Waals surface area contributed by atoms with Crippen molar-refractivity contribution in [2.24, 2.45) is 5.92 Å². The second-order valence-corrected chi connectivity index (χ2v) is 6.82. The molecule has 0 heterocycles. The van der Waals surface area contributed by atoms with Gasteiger partial charge in [0.1, 0.15) is 6.04 Å². The molecule has 0 saturated heterocycles. The molecule has 2 atom stereocenters. The average molecular weight is 306 g/mol. The third kappa shape index (κ3) is 6.21. The van der Waals surface area contributed by atoms with Crippen LogP contribution in [0.25, 0.3) is 0 Å². The number of halogens is 1. The van der Waals surface area contributed by atoms with Gasteiger partial charge in [-0.25, -0.2) is 9.36 Å². The molecule has 5 nitrogen and oxygen atoms in total. The molecule has 0 aliphatic rings. The van der Waals surface area contributed by atoms with Crippen LogP contribution in [0.5, 0.6) is 0 Å². The molecular formula is C12H17ClNO4P. The van der Waals surface area contributed by atoms with Crippen molar-refractivity contribution < 1.29 is 18.8 Å². The molecule has 0 aliphatic heterocycles. The van der Waals surface area contributed by atoms with Crippen LogP contribution in [0.2, 0.25) is 0 Å². The normalized spacial score (nSPS) is 15.8. The van der Waals surface area contributed by atoms with Crippen molar-refractivity contribution in [3.63, 3.8) is 0 Å². The van der Waals surface area contributed by atoms with Crippen LogP contribution in [-0.2, 0) is 20.4 Å². The lowest BCUT2D eigenvalue weighted by atomic mass is 10.0. The van der Waals surface area contributed by atoms with E-state index in [-0.39, 0.29) is 5.92 Å². The molecule has 19 heavy (non-hydrogen) atoms. The van der Waals surface area contributed by atoms with E-state index in [1.807, 2.05) is 30.3 Å². The van der Waals surface area contributed by atoms with Crippen molar-refractivity contribution in [1.82, 2.24) is 5.32 Å². The van der Waals surface area contributed by atoms with E-state index in [2.05, 4.69) is 9.84 Å². The Morgan fingerprint density at radius 1 is 1.42 bits per heavy atom. The highest BCUT2D eigenvalue weighted by molar-refractivity contribution is 7.80. The van der Waals surface area contributed by atoms with E-state index in [1.165, 1.54) is 0 Å². The molecule has 0 saturated carbocycles. The molecule has 106 valence electrons. The first-order chi connectivity index (χ1) is 8.79. The molecule has 0 aliphatic carbocycles. The van der Waals surface area contributed by atoms with E-state index in [1.54, 1.807) is 13.8 Å². The monoisotopic (exact) mass is 305 g/mol. The maximum atomic E-state index is 11.7. The maximum absolute atomic E-state index is 11.7. The Kier molecular flexibility index (Phi) is 6.01. The Morgan fingerprint density at radius 3 is 2.47 bits per heavy atom. The summed E-state index contributed by atoms with van der Waals surface area (Å²) in [6.45, 7) is -0.261. The van der Waals surface area contributed by atoms with Crippen molar-refractivity contribution in [3.8, 4) is 0 Å². The van der Waals surface area contributed by atoms with Gasteiger partial charge in [-0.2, -0.15) is 0 Å². The largest absolute Gasteiger partial charge is 0.476 e. The minimum Gasteiger partial charge on any atom is -0.379 e. The molecule has 0 radical (unpaired) electrons. The molecule has 2 N–H and O–H groups in total. The van der Waals surface area contributed by atoms with Gasteiger partial charge in [-0.3, -0.25) is 0 Å². The molecule has 0 amide bonds. The fourth-order valence-corrected chi connectivity index (χ4v) is 2.12. The summed E-state index contributed by atoms with van der Waals surface area (Å²) in [5.74, 6) is -0.925. The predicted octanol–water partition coefficient (Wildman–Crippen LogP) is 2.68. The Morgan fingerprint density at radius 2 is 2.00 bits per heavy atom. The van der Waals surface area contributed by atoms with Crippen LogP contribution < -0.4 is 5.32 Å². The number of nitrogens with one attached hydrogen (secondary N) is 1. The molecule has 2 unspecified atom stereocenters. The second kappa shape index (κ2) is 7.06. The van der Waals surface area contributed by atoms with Crippen LogP contribution in [0.15, 0.2) is 30.3 Å². The van der Waals surface area contributed by atoms with Crippen molar-refractivity contribution in [1.29, 1.82) is 0 Å². The highest BCUT2D eigenvalue weighted by atomic mass is 35.7. The van der Waals surface area contributed by atoms with Gasteiger partial charge in [0.25, 0.3) is 0 Å². The summed E-state index contributed by atoms with van der Waals surface area (Å²) in [7, 11) is 0. The van der Waals surface area contributed by atoms with E-state index in [0.717, 1.165) is 5.56 Å². The second-order valence-electron chi connectivity index (χ2n) is 4.45. The zero-order chi connectivity index (χ0) is 14.5. The van der Waals surface area contributed by atoms with Crippen LogP contribution in [0.4, 0.5) is 0 Å². The van der Waals surface area contributed by atoms with Crippen molar-refractivity contribution in [3.05, 3.63) is 35.9 Å². The zero-order valence-electron chi connectivity index (χ0n) is 10.7. The Hall–Kier alpha value is -0.870. The molecule has 0 spiro atoms. The van der Waals surface area contributed by atoms with E-state index in [4.69, 9.17) is 16.1 Å². The van der Waals surface area contributed by atoms with Crippen molar-refractivity contribution in [2.45, 2.75) is 26.4 Å². The molecule has 1 aromatic rings. The SMILES string of the molecule is CC(C)C(NCc1ccccc1)C(=O)OP(=O)(O)Cl. The van der Waals surface area contributed by atoms with Crippen LogP contribution in [-0.4, -0.2) is 16.9 Å². The van der Waals surface area contributed by atoms with Gasteiger partial charge in [0.15, 0.2) is 0 Å². The smallest absolute Gasteiger partial charge is 0.379 e. The predicted molar refractivity (Wildman–Crippen MR) is 73.7 cm³/mol. The zero-order valence-corrected chi connectivity index (χ0v) is 12.4. The number of hydrogen-bond acceptors (Lipinski definition) is 4. The first kappa shape index (κ1) is 16.2. The van der Waals surface area contributed by atoms with Gasteiger partial charge >= 0.3 is 12.9 Å². The fourth-order valence-electron chi connectivity index (χ4n) is 1.58. The lowest BCUT2D eigenvalue weighted by Crippen LogP contribution is -2.41. The quantitative estimate of drug-likeness (QED) is 0.790. The van der Waals surface area contributed by atoms with Gasteiger partial charge in [-0.15, -0.1) is 0 Å². The van der Waals surface area contributed by atoms with Gasteiger partial charge in [-0.05, 0) is 11.5 Å². The Bertz CT molecular complexity index is 460. The van der Waals surface area contributed by atoms with Crippen LogP contribution in [0.3, 0.4) is 0 Å². The highest BCUT2D eigenvalue weighted by Crippen LogP contribution is 2.47. The summed E-state index contributed by atoms with van der Waals surface area (Å²) in [5.41, 5.74) is 0.999. The van der Waals surface area contributed by atoms with E-state index < -0.39 is 19.0 Å². The lowest BCUT2D eigenvalue weighted by Gasteiger charge is -2.20. The van der Waals surface area contributed by atoms with Crippen molar-refractivity contribution >= 4 is 24.2 Å². The fraction of sp³-hybridized carbons (Fsp3) is 0.417. The Labute approximate surface area is 117 Å². The lowest BCUT2D eigenvalue weighted by molar-refractivity contribution is -0.138. The Balaban J connectivity index is 2.63. The summed E-state index contributed by atoms with van der Waals surface area (Å²) in [4.78, 5) is 20.6. The summed E-state index contributed by atoms with van der Waals surface area (Å²) >= 11 is 5.03. The first-order valence-electron chi connectivity index (χ1n) is 5.83. The highest BCUT2D eigenvalue weighted by Gasteiger charge is 2.29. The summed E-state index contributed by atoms with van der Waals surface area (Å²) < 4.78 is 15.2. The summed E-state index contributed by atoms with van der Waals surface area (Å²) in [5, 5.41) is 2.99. The van der Waals surface area contributed by atoms with E-state index in [0.29, 0.717) is 6.54 Å². The number of carbonyl (C=O) groups is 1. The van der Waals surface area contributed by atoms with Crippen LogP contribution in [0.1, 0.15) is 19.4 Å². The molecule has 0 aromatic heterocycles. The van der Waals surface area contributed by atoms with Gasteiger partial charge in [0.05, 0.1) is 0 Å². The molecular weight excluding hydrogens is 289 g/mol. The minimum absolute atomic E-state index is 0.0978. The van der Waals surface area contributed by atoms with E-state index in [9.17, 15) is 9.36 Å². The molecule has 1 rings (SSSR count). The van der Waals surface area contributed by atoms with Crippen LogP contribution in [0, 0.1) is 5.92 Å². The number of hydrogen-bond donors (Lipinski definition) is 2.